The van der Waals surface area contributed by atoms with Crippen LogP contribution in [-0.2, 0) is 0 Å². The average Bonchev–Trinajstić information content (AvgIpc) is 2.08. The highest BCUT2D eigenvalue weighted by atomic mass is 16.4. The van der Waals surface area contributed by atoms with Crippen molar-refractivity contribution in [3.05, 3.63) is 0 Å². The maximum absolute atomic E-state index is 9.44. The van der Waals surface area contributed by atoms with E-state index in [4.69, 9.17) is 5.73 Å². The van der Waals surface area contributed by atoms with Gasteiger partial charge in [-0.05, 0) is 18.9 Å². The molecule has 0 heterocycles. The van der Waals surface area contributed by atoms with Crippen molar-refractivity contribution in [1.29, 1.82) is 0 Å². The SMILES string of the molecule is C[C@@H]1C[C@@H](CN)[C@@H](O)[C@H](O)[C@@H]1O. The van der Waals surface area contributed by atoms with Crippen molar-refractivity contribution < 1.29 is 15.3 Å². The molecule has 0 amide bonds. The molecule has 12 heavy (non-hydrogen) atoms. The Morgan fingerprint density at radius 2 is 1.75 bits per heavy atom. The summed E-state index contributed by atoms with van der Waals surface area (Å²) in [6.07, 6.45) is -2.05. The third kappa shape index (κ3) is 1.61. The second kappa shape index (κ2) is 3.70. The third-order valence-corrected chi connectivity index (χ3v) is 2.74. The number of aliphatic hydroxyl groups is 3. The molecule has 1 aliphatic carbocycles. The second-order valence-electron chi connectivity index (χ2n) is 3.68. The quantitative estimate of drug-likeness (QED) is 0.398. The predicted molar refractivity (Wildman–Crippen MR) is 44.3 cm³/mol. The largest absolute Gasteiger partial charge is 0.390 e. The van der Waals surface area contributed by atoms with Crippen molar-refractivity contribution in [2.45, 2.75) is 31.7 Å². The summed E-state index contributed by atoms with van der Waals surface area (Å²) < 4.78 is 0. The lowest BCUT2D eigenvalue weighted by molar-refractivity contribution is -0.129. The van der Waals surface area contributed by atoms with Crippen LogP contribution in [0.1, 0.15) is 13.3 Å². The number of hydrogen-bond donors (Lipinski definition) is 4. The molecule has 1 aliphatic rings. The fraction of sp³-hybridized carbons (Fsp3) is 1.00. The molecule has 5 atom stereocenters. The lowest BCUT2D eigenvalue weighted by atomic mass is 9.76. The molecule has 0 saturated heterocycles. The first-order chi connectivity index (χ1) is 5.57. The minimum atomic E-state index is -1.04. The van der Waals surface area contributed by atoms with E-state index in [9.17, 15) is 15.3 Å². The Hall–Kier alpha value is -0.160. The summed E-state index contributed by atoms with van der Waals surface area (Å²) in [7, 11) is 0. The van der Waals surface area contributed by atoms with Gasteiger partial charge in [0.05, 0.1) is 12.2 Å². The fourth-order valence-electron chi connectivity index (χ4n) is 1.81. The Bertz CT molecular complexity index is 148. The van der Waals surface area contributed by atoms with Gasteiger partial charge in [0.1, 0.15) is 6.10 Å². The zero-order valence-electron chi connectivity index (χ0n) is 7.22. The number of aliphatic hydroxyl groups excluding tert-OH is 3. The van der Waals surface area contributed by atoms with Crippen LogP contribution in [0.5, 0.6) is 0 Å². The monoisotopic (exact) mass is 175 g/mol. The van der Waals surface area contributed by atoms with E-state index in [1.54, 1.807) is 0 Å². The van der Waals surface area contributed by atoms with Gasteiger partial charge in [0.15, 0.2) is 0 Å². The van der Waals surface area contributed by atoms with Crippen LogP contribution < -0.4 is 5.73 Å². The van der Waals surface area contributed by atoms with Crippen LogP contribution in [0, 0.1) is 11.8 Å². The van der Waals surface area contributed by atoms with Crippen LogP contribution in [0.3, 0.4) is 0 Å². The molecular weight excluding hydrogens is 158 g/mol. The summed E-state index contributed by atoms with van der Waals surface area (Å²) in [5, 5.41) is 28.2. The van der Waals surface area contributed by atoms with Gasteiger partial charge in [0, 0.05) is 5.92 Å². The Morgan fingerprint density at radius 3 is 2.25 bits per heavy atom. The zero-order chi connectivity index (χ0) is 9.30. The lowest BCUT2D eigenvalue weighted by Gasteiger charge is -2.38. The standard InChI is InChI=1S/C8H17NO3/c1-4-2-5(3-9)7(11)8(12)6(4)10/h4-8,10-12H,2-3,9H2,1H3/t4-,5+,6-,7-,8-/m1/s1. The van der Waals surface area contributed by atoms with E-state index in [0.29, 0.717) is 13.0 Å². The van der Waals surface area contributed by atoms with Crippen molar-refractivity contribution in [3.63, 3.8) is 0 Å². The van der Waals surface area contributed by atoms with E-state index in [2.05, 4.69) is 0 Å². The summed E-state index contributed by atoms with van der Waals surface area (Å²) in [5.74, 6) is -0.0738. The van der Waals surface area contributed by atoms with Crippen LogP contribution >= 0.6 is 0 Å². The normalized spacial score (nSPS) is 49.2. The third-order valence-electron chi connectivity index (χ3n) is 2.74. The highest BCUT2D eigenvalue weighted by Gasteiger charge is 2.39. The van der Waals surface area contributed by atoms with Crippen molar-refractivity contribution in [2.75, 3.05) is 6.54 Å². The van der Waals surface area contributed by atoms with Gasteiger partial charge < -0.3 is 21.1 Å². The molecule has 0 aromatic rings. The van der Waals surface area contributed by atoms with Crippen molar-refractivity contribution in [1.82, 2.24) is 0 Å². The molecule has 5 N–H and O–H groups in total. The first-order valence-electron chi connectivity index (χ1n) is 4.32. The highest BCUT2D eigenvalue weighted by Crippen LogP contribution is 2.28. The molecule has 0 aliphatic heterocycles. The number of hydrogen-bond acceptors (Lipinski definition) is 4. The van der Waals surface area contributed by atoms with Gasteiger partial charge in [0.2, 0.25) is 0 Å². The Labute approximate surface area is 72.0 Å². The minimum absolute atomic E-state index is 0.0111. The fourth-order valence-corrected chi connectivity index (χ4v) is 1.81. The average molecular weight is 175 g/mol. The van der Waals surface area contributed by atoms with Crippen LogP contribution in [-0.4, -0.2) is 40.2 Å². The molecule has 0 radical (unpaired) electrons. The summed E-state index contributed by atoms with van der Waals surface area (Å²) in [4.78, 5) is 0. The Balaban J connectivity index is 2.63. The smallest absolute Gasteiger partial charge is 0.106 e. The molecule has 0 bridgehead atoms. The van der Waals surface area contributed by atoms with E-state index in [-0.39, 0.29) is 11.8 Å². The first kappa shape index (κ1) is 9.92. The van der Waals surface area contributed by atoms with Gasteiger partial charge in [-0.3, -0.25) is 0 Å². The molecule has 1 saturated carbocycles. The summed E-state index contributed by atoms with van der Waals surface area (Å²) in [6, 6.07) is 0. The van der Waals surface area contributed by atoms with Gasteiger partial charge in [-0.15, -0.1) is 0 Å². The van der Waals surface area contributed by atoms with Gasteiger partial charge in [-0.2, -0.15) is 0 Å². The Morgan fingerprint density at radius 1 is 1.17 bits per heavy atom. The van der Waals surface area contributed by atoms with E-state index >= 15 is 0 Å². The second-order valence-corrected chi connectivity index (χ2v) is 3.68. The number of nitrogens with two attached hydrogens (primary N) is 1. The topological polar surface area (TPSA) is 86.7 Å². The van der Waals surface area contributed by atoms with E-state index < -0.39 is 18.3 Å². The molecule has 0 aromatic carbocycles. The first-order valence-corrected chi connectivity index (χ1v) is 4.32. The van der Waals surface area contributed by atoms with E-state index in [1.165, 1.54) is 0 Å². The molecule has 4 nitrogen and oxygen atoms in total. The van der Waals surface area contributed by atoms with Crippen molar-refractivity contribution >= 4 is 0 Å². The van der Waals surface area contributed by atoms with Crippen LogP contribution in [0.25, 0.3) is 0 Å². The molecular formula is C8H17NO3. The maximum atomic E-state index is 9.44. The molecule has 0 spiro atoms. The van der Waals surface area contributed by atoms with Gasteiger partial charge in [-0.25, -0.2) is 0 Å². The minimum Gasteiger partial charge on any atom is -0.390 e. The lowest BCUT2D eigenvalue weighted by Crippen LogP contribution is -2.52. The van der Waals surface area contributed by atoms with Gasteiger partial charge in [0.25, 0.3) is 0 Å². The maximum Gasteiger partial charge on any atom is 0.106 e. The summed E-state index contributed by atoms with van der Waals surface area (Å²) in [6.45, 7) is 2.21. The Kier molecular flexibility index (Phi) is 3.06. The van der Waals surface area contributed by atoms with E-state index in [0.717, 1.165) is 0 Å². The van der Waals surface area contributed by atoms with Crippen molar-refractivity contribution in [2.24, 2.45) is 17.6 Å². The highest BCUT2D eigenvalue weighted by molar-refractivity contribution is 4.90. The van der Waals surface area contributed by atoms with Crippen LogP contribution in [0.15, 0.2) is 0 Å². The number of rotatable bonds is 1. The predicted octanol–water partition coefficient (Wildman–Crippen LogP) is -1.32. The van der Waals surface area contributed by atoms with Crippen molar-refractivity contribution in [3.8, 4) is 0 Å². The van der Waals surface area contributed by atoms with Crippen LogP contribution in [0.4, 0.5) is 0 Å². The van der Waals surface area contributed by atoms with Crippen LogP contribution in [0.2, 0.25) is 0 Å². The summed E-state index contributed by atoms with van der Waals surface area (Å²) >= 11 is 0. The van der Waals surface area contributed by atoms with Gasteiger partial charge in [-0.1, -0.05) is 6.92 Å². The summed E-state index contributed by atoms with van der Waals surface area (Å²) in [5.41, 5.74) is 5.41. The zero-order valence-corrected chi connectivity index (χ0v) is 7.22. The molecule has 1 rings (SSSR count). The van der Waals surface area contributed by atoms with Gasteiger partial charge >= 0.3 is 0 Å². The molecule has 0 aromatic heterocycles. The molecule has 72 valence electrons. The van der Waals surface area contributed by atoms with E-state index in [1.807, 2.05) is 6.92 Å². The molecule has 4 heteroatoms. The molecule has 0 unspecified atom stereocenters. The molecule has 1 fully saturated rings.